The minimum Gasteiger partial charge on any atom is -0.465 e. The van der Waals surface area contributed by atoms with Crippen molar-refractivity contribution in [2.24, 2.45) is 5.92 Å². The molecule has 5 nitrogen and oxygen atoms in total. The first-order valence-electron chi connectivity index (χ1n) is 7.46. The Morgan fingerprint density at radius 3 is 2.43 bits per heavy atom. The number of anilines is 1. The molecule has 2 rings (SSSR count). The normalized spacial score (nSPS) is 17.5. The van der Waals surface area contributed by atoms with Crippen LogP contribution in [0.1, 0.15) is 34.8 Å². The third-order valence-electron chi connectivity index (χ3n) is 3.91. The van der Waals surface area contributed by atoms with Crippen LogP contribution in [0.15, 0.2) is 12.1 Å². The van der Waals surface area contributed by atoms with E-state index < -0.39 is 0 Å². The van der Waals surface area contributed by atoms with E-state index in [9.17, 15) is 14.4 Å². The van der Waals surface area contributed by atoms with Gasteiger partial charge >= 0.3 is 5.97 Å². The molecule has 1 aliphatic heterocycles. The second kappa shape index (κ2) is 7.17. The second-order valence-corrected chi connectivity index (χ2v) is 7.02. The van der Waals surface area contributed by atoms with E-state index in [0.717, 1.165) is 16.8 Å². The monoisotopic (exact) mass is 335 g/mol. The molecule has 1 amide bonds. The highest BCUT2D eigenvalue weighted by molar-refractivity contribution is 8.13. The van der Waals surface area contributed by atoms with Crippen molar-refractivity contribution in [2.45, 2.75) is 27.2 Å². The summed E-state index contributed by atoms with van der Waals surface area (Å²) in [5.41, 5.74) is 3.09. The molecule has 124 valence electrons. The molecule has 0 N–H and O–H groups in total. The lowest BCUT2D eigenvalue weighted by Gasteiger charge is -2.22. The molecule has 1 unspecified atom stereocenters. The number of esters is 1. The van der Waals surface area contributed by atoms with Gasteiger partial charge in [0.25, 0.3) is 0 Å². The van der Waals surface area contributed by atoms with E-state index in [-0.39, 0.29) is 22.9 Å². The molecule has 1 aromatic rings. The van der Waals surface area contributed by atoms with Gasteiger partial charge in [-0.1, -0.05) is 11.8 Å². The summed E-state index contributed by atoms with van der Waals surface area (Å²) in [4.78, 5) is 36.9. The van der Waals surface area contributed by atoms with Crippen LogP contribution >= 0.6 is 11.8 Å². The fraction of sp³-hybridized carbons (Fsp3) is 0.471. The van der Waals surface area contributed by atoms with Gasteiger partial charge in [-0.15, -0.1) is 0 Å². The zero-order valence-corrected chi connectivity index (χ0v) is 14.7. The predicted octanol–water partition coefficient (Wildman–Crippen LogP) is 2.72. The lowest BCUT2D eigenvalue weighted by atomic mass is 10.0. The average Bonchev–Trinajstić information content (AvgIpc) is 2.84. The van der Waals surface area contributed by atoms with Crippen LogP contribution < -0.4 is 4.90 Å². The fourth-order valence-electron chi connectivity index (χ4n) is 2.96. The number of methoxy groups -OCH3 is 1. The Labute approximate surface area is 140 Å². The Morgan fingerprint density at radius 2 is 1.91 bits per heavy atom. The smallest absolute Gasteiger partial charge is 0.337 e. The fourth-order valence-corrected chi connectivity index (χ4v) is 3.66. The van der Waals surface area contributed by atoms with Gasteiger partial charge in [0.1, 0.15) is 0 Å². The van der Waals surface area contributed by atoms with Crippen LogP contribution in [0.3, 0.4) is 0 Å². The molecule has 23 heavy (non-hydrogen) atoms. The molecule has 1 fully saturated rings. The number of carbonyl (C=O) groups is 3. The van der Waals surface area contributed by atoms with E-state index in [2.05, 4.69) is 0 Å². The Kier molecular flexibility index (Phi) is 5.46. The lowest BCUT2D eigenvalue weighted by molar-refractivity contribution is -0.117. The Balaban J connectivity index is 2.23. The van der Waals surface area contributed by atoms with Crippen LogP contribution in [0.4, 0.5) is 5.69 Å². The van der Waals surface area contributed by atoms with Gasteiger partial charge in [0.05, 0.1) is 12.7 Å². The zero-order valence-electron chi connectivity index (χ0n) is 13.8. The number of aryl methyl sites for hydroxylation is 2. The molecule has 0 radical (unpaired) electrons. The van der Waals surface area contributed by atoms with Crippen LogP contribution in [-0.2, 0) is 14.3 Å². The van der Waals surface area contributed by atoms with Crippen molar-refractivity contribution in [2.75, 3.05) is 24.3 Å². The number of thioether (sulfide) groups is 1. The van der Waals surface area contributed by atoms with E-state index >= 15 is 0 Å². The summed E-state index contributed by atoms with van der Waals surface area (Å²) in [6.07, 6.45) is 0.456. The van der Waals surface area contributed by atoms with Gasteiger partial charge in [-0.2, -0.15) is 0 Å². The maximum Gasteiger partial charge on any atom is 0.337 e. The van der Waals surface area contributed by atoms with E-state index in [4.69, 9.17) is 4.74 Å². The topological polar surface area (TPSA) is 63.7 Å². The first-order valence-corrected chi connectivity index (χ1v) is 8.45. The lowest BCUT2D eigenvalue weighted by Crippen LogP contribution is -2.26. The number of amides is 1. The standard InChI is InChI=1S/C17H21NO4S/c1-10-5-14(17(21)22-4)6-11(2)16(10)18-8-13(7-15(18)20)9-23-12(3)19/h5-6,13H,7-9H2,1-4H3. The van der Waals surface area contributed by atoms with E-state index in [1.165, 1.54) is 18.9 Å². The van der Waals surface area contributed by atoms with Crippen molar-refractivity contribution in [3.8, 4) is 0 Å². The molecule has 0 aromatic heterocycles. The summed E-state index contributed by atoms with van der Waals surface area (Å²) in [7, 11) is 1.35. The van der Waals surface area contributed by atoms with E-state index in [1.807, 2.05) is 13.8 Å². The number of benzene rings is 1. The van der Waals surface area contributed by atoms with Crippen LogP contribution in [0, 0.1) is 19.8 Å². The van der Waals surface area contributed by atoms with Crippen LogP contribution in [-0.4, -0.2) is 36.4 Å². The summed E-state index contributed by atoms with van der Waals surface area (Å²) in [5, 5.41) is 0.0747. The second-order valence-electron chi connectivity index (χ2n) is 5.83. The number of hydrogen-bond donors (Lipinski definition) is 0. The summed E-state index contributed by atoms with van der Waals surface area (Å²) in [6, 6.07) is 3.50. The molecule has 1 saturated heterocycles. The number of nitrogens with zero attached hydrogens (tertiary/aromatic N) is 1. The highest BCUT2D eigenvalue weighted by Crippen LogP contribution is 2.33. The molecular weight excluding hydrogens is 314 g/mol. The third kappa shape index (κ3) is 3.93. The Morgan fingerprint density at radius 1 is 1.30 bits per heavy atom. The first kappa shape index (κ1) is 17.5. The summed E-state index contributed by atoms with van der Waals surface area (Å²) >= 11 is 1.27. The van der Waals surface area contributed by atoms with Gasteiger partial charge in [0, 0.05) is 31.3 Å². The van der Waals surface area contributed by atoms with Gasteiger partial charge in [0.2, 0.25) is 5.91 Å². The van der Waals surface area contributed by atoms with Gasteiger partial charge in [0.15, 0.2) is 5.12 Å². The highest BCUT2D eigenvalue weighted by atomic mass is 32.2. The number of carbonyl (C=O) groups excluding carboxylic acids is 3. The van der Waals surface area contributed by atoms with Crippen LogP contribution in [0.2, 0.25) is 0 Å². The molecule has 0 bridgehead atoms. The van der Waals surface area contributed by atoms with Crippen LogP contribution in [0.5, 0.6) is 0 Å². The van der Waals surface area contributed by atoms with E-state index in [1.54, 1.807) is 24.0 Å². The molecule has 1 heterocycles. The number of ether oxygens (including phenoxy) is 1. The molecule has 1 aromatic carbocycles. The molecule has 6 heteroatoms. The number of rotatable bonds is 4. The molecular formula is C17H21NO4S. The molecule has 0 saturated carbocycles. The molecule has 1 atom stereocenters. The third-order valence-corrected chi connectivity index (χ3v) is 4.95. The number of hydrogen-bond acceptors (Lipinski definition) is 5. The Bertz CT molecular complexity index is 633. The Hall–Kier alpha value is -1.82. The maximum atomic E-state index is 12.3. The predicted molar refractivity (Wildman–Crippen MR) is 90.9 cm³/mol. The van der Waals surface area contributed by atoms with Gasteiger partial charge in [-0.25, -0.2) is 4.79 Å². The van der Waals surface area contributed by atoms with Gasteiger partial charge in [-0.05, 0) is 43.0 Å². The quantitative estimate of drug-likeness (QED) is 0.792. The molecule has 1 aliphatic rings. The summed E-state index contributed by atoms with van der Waals surface area (Å²) < 4.78 is 4.75. The van der Waals surface area contributed by atoms with Crippen molar-refractivity contribution >= 4 is 34.4 Å². The minimum atomic E-state index is -0.383. The average molecular weight is 335 g/mol. The first-order chi connectivity index (χ1) is 10.8. The van der Waals surface area contributed by atoms with Gasteiger partial charge in [-0.3, -0.25) is 9.59 Å². The van der Waals surface area contributed by atoms with Crippen LogP contribution in [0.25, 0.3) is 0 Å². The zero-order chi connectivity index (χ0) is 17.1. The van der Waals surface area contributed by atoms with Crippen molar-refractivity contribution in [3.05, 3.63) is 28.8 Å². The maximum absolute atomic E-state index is 12.3. The minimum absolute atomic E-state index is 0.0659. The van der Waals surface area contributed by atoms with Gasteiger partial charge < -0.3 is 9.64 Å². The molecule has 0 spiro atoms. The summed E-state index contributed by atoms with van der Waals surface area (Å²) in [6.45, 7) is 5.93. The van der Waals surface area contributed by atoms with Crippen molar-refractivity contribution in [3.63, 3.8) is 0 Å². The highest BCUT2D eigenvalue weighted by Gasteiger charge is 2.32. The van der Waals surface area contributed by atoms with E-state index in [0.29, 0.717) is 24.3 Å². The largest absolute Gasteiger partial charge is 0.465 e. The van der Waals surface area contributed by atoms with Crippen molar-refractivity contribution < 1.29 is 19.1 Å². The SMILES string of the molecule is COC(=O)c1cc(C)c(N2CC(CSC(C)=O)CC2=O)c(C)c1. The van der Waals surface area contributed by atoms with Crippen molar-refractivity contribution in [1.29, 1.82) is 0 Å². The molecule has 0 aliphatic carbocycles. The summed E-state index contributed by atoms with van der Waals surface area (Å²) in [5.74, 6) is 0.522. The van der Waals surface area contributed by atoms with Crippen molar-refractivity contribution in [1.82, 2.24) is 0 Å².